The van der Waals surface area contributed by atoms with E-state index in [1.807, 2.05) is 18.7 Å². The van der Waals surface area contributed by atoms with Crippen LogP contribution in [-0.4, -0.2) is 51.5 Å². The second-order valence-electron chi connectivity index (χ2n) is 6.07. The summed E-state index contributed by atoms with van der Waals surface area (Å²) in [4.78, 5) is 21.1. The first-order valence-corrected chi connectivity index (χ1v) is 8.02. The van der Waals surface area contributed by atoms with E-state index >= 15 is 0 Å². The lowest BCUT2D eigenvalue weighted by Gasteiger charge is -2.38. The van der Waals surface area contributed by atoms with Crippen molar-refractivity contribution >= 4 is 5.91 Å². The predicted molar refractivity (Wildman–Crippen MR) is 77.6 cm³/mol. The molecule has 1 aliphatic heterocycles. The van der Waals surface area contributed by atoms with Crippen LogP contribution in [0.25, 0.3) is 0 Å². The van der Waals surface area contributed by atoms with Gasteiger partial charge < -0.3 is 9.42 Å². The number of carbonyl (C=O) groups is 1. The molecular formula is C15H24N4O2. The molecule has 0 radical (unpaired) electrons. The van der Waals surface area contributed by atoms with Crippen molar-refractivity contribution in [2.45, 2.75) is 58.0 Å². The number of hydrogen-bond donors (Lipinski definition) is 0. The van der Waals surface area contributed by atoms with Crippen LogP contribution >= 0.6 is 0 Å². The molecule has 3 rings (SSSR count). The Hall–Kier alpha value is -1.43. The normalized spacial score (nSPS) is 24.7. The van der Waals surface area contributed by atoms with Crippen LogP contribution in [0.5, 0.6) is 0 Å². The minimum absolute atomic E-state index is 0.0956. The van der Waals surface area contributed by atoms with Gasteiger partial charge in [0.25, 0.3) is 5.89 Å². The van der Waals surface area contributed by atoms with E-state index in [4.69, 9.17) is 4.52 Å². The zero-order valence-corrected chi connectivity index (χ0v) is 12.9. The third-order valence-electron chi connectivity index (χ3n) is 4.67. The summed E-state index contributed by atoms with van der Waals surface area (Å²) in [7, 11) is 0. The zero-order chi connectivity index (χ0) is 14.8. The number of nitrogens with zero attached hydrogens (tertiary/aromatic N) is 4. The van der Waals surface area contributed by atoms with Gasteiger partial charge in [-0.1, -0.05) is 18.5 Å². The van der Waals surface area contributed by atoms with Crippen molar-refractivity contribution in [3.05, 3.63) is 11.7 Å². The third kappa shape index (κ3) is 2.95. The molecular weight excluding hydrogens is 268 g/mol. The Labute approximate surface area is 125 Å². The number of amides is 1. The van der Waals surface area contributed by atoms with Crippen LogP contribution in [0, 0.1) is 6.92 Å². The molecule has 116 valence electrons. The molecule has 0 aromatic carbocycles. The molecule has 2 heterocycles. The first-order chi connectivity index (χ1) is 10.2. The summed E-state index contributed by atoms with van der Waals surface area (Å²) in [5.41, 5.74) is 0. The zero-order valence-electron chi connectivity index (χ0n) is 12.9. The standard InChI is InChI=1S/C15H24N4O2/c1-3-14(20)19-9-5-8-18(12-6-4-7-12)10-13(19)15-16-11(2)17-21-15/h12-13H,3-10H2,1-2H3. The maximum Gasteiger partial charge on any atom is 0.250 e. The summed E-state index contributed by atoms with van der Waals surface area (Å²) in [5, 5.41) is 3.90. The maximum atomic E-state index is 12.3. The SMILES string of the molecule is CCC(=O)N1CCCN(C2CCC2)CC1c1nc(C)no1. The van der Waals surface area contributed by atoms with Crippen molar-refractivity contribution in [1.29, 1.82) is 0 Å². The molecule has 2 fully saturated rings. The third-order valence-corrected chi connectivity index (χ3v) is 4.67. The van der Waals surface area contributed by atoms with Gasteiger partial charge in [-0.3, -0.25) is 9.69 Å². The Morgan fingerprint density at radius 2 is 2.14 bits per heavy atom. The van der Waals surface area contributed by atoms with Gasteiger partial charge in [-0.05, 0) is 26.2 Å². The summed E-state index contributed by atoms with van der Waals surface area (Å²) in [6.45, 7) is 6.38. The topological polar surface area (TPSA) is 62.5 Å². The fourth-order valence-electron chi connectivity index (χ4n) is 3.26. The average Bonchev–Trinajstić information content (AvgIpc) is 2.73. The average molecular weight is 292 g/mol. The summed E-state index contributed by atoms with van der Waals surface area (Å²) in [5.74, 6) is 1.39. The minimum atomic E-state index is -0.0956. The molecule has 1 saturated carbocycles. The maximum absolute atomic E-state index is 12.3. The van der Waals surface area contributed by atoms with Gasteiger partial charge >= 0.3 is 0 Å². The Balaban J connectivity index is 1.84. The molecule has 1 amide bonds. The first-order valence-electron chi connectivity index (χ1n) is 8.02. The highest BCUT2D eigenvalue weighted by Gasteiger charge is 2.36. The molecule has 1 saturated heterocycles. The molecule has 1 atom stereocenters. The Kier molecular flexibility index (Phi) is 4.24. The van der Waals surface area contributed by atoms with E-state index in [0.717, 1.165) is 26.1 Å². The predicted octanol–water partition coefficient (Wildman–Crippen LogP) is 1.92. The smallest absolute Gasteiger partial charge is 0.250 e. The van der Waals surface area contributed by atoms with E-state index in [1.54, 1.807) is 0 Å². The summed E-state index contributed by atoms with van der Waals surface area (Å²) < 4.78 is 5.38. The van der Waals surface area contributed by atoms with Gasteiger partial charge in [-0.15, -0.1) is 0 Å². The van der Waals surface area contributed by atoms with Crippen molar-refractivity contribution in [3.8, 4) is 0 Å². The lowest BCUT2D eigenvalue weighted by atomic mass is 9.91. The largest absolute Gasteiger partial charge is 0.337 e. The second kappa shape index (κ2) is 6.13. The van der Waals surface area contributed by atoms with Gasteiger partial charge in [0.15, 0.2) is 5.82 Å². The van der Waals surface area contributed by atoms with E-state index in [9.17, 15) is 4.79 Å². The highest BCUT2D eigenvalue weighted by Crippen LogP contribution is 2.31. The van der Waals surface area contributed by atoms with Crippen LogP contribution in [0.1, 0.15) is 56.8 Å². The fraction of sp³-hybridized carbons (Fsp3) is 0.800. The van der Waals surface area contributed by atoms with Crippen molar-refractivity contribution in [2.24, 2.45) is 0 Å². The lowest BCUT2D eigenvalue weighted by Crippen LogP contribution is -2.44. The van der Waals surface area contributed by atoms with Gasteiger partial charge in [0.05, 0.1) is 0 Å². The van der Waals surface area contributed by atoms with Crippen LogP contribution in [0.4, 0.5) is 0 Å². The highest BCUT2D eigenvalue weighted by molar-refractivity contribution is 5.76. The molecule has 21 heavy (non-hydrogen) atoms. The van der Waals surface area contributed by atoms with Crippen LogP contribution < -0.4 is 0 Å². The van der Waals surface area contributed by atoms with E-state index in [-0.39, 0.29) is 11.9 Å². The number of rotatable bonds is 3. The monoisotopic (exact) mass is 292 g/mol. The van der Waals surface area contributed by atoms with Crippen LogP contribution in [-0.2, 0) is 4.79 Å². The lowest BCUT2D eigenvalue weighted by molar-refractivity contribution is -0.133. The molecule has 1 unspecified atom stereocenters. The fourth-order valence-corrected chi connectivity index (χ4v) is 3.26. The minimum Gasteiger partial charge on any atom is -0.337 e. The Morgan fingerprint density at radius 3 is 2.71 bits per heavy atom. The van der Waals surface area contributed by atoms with Gasteiger partial charge in [0, 0.05) is 32.1 Å². The molecule has 0 bridgehead atoms. The van der Waals surface area contributed by atoms with Crippen LogP contribution in [0.15, 0.2) is 4.52 Å². The van der Waals surface area contributed by atoms with Crippen molar-refractivity contribution in [2.75, 3.05) is 19.6 Å². The van der Waals surface area contributed by atoms with Gasteiger partial charge in [-0.25, -0.2) is 0 Å². The molecule has 1 aromatic rings. The van der Waals surface area contributed by atoms with Crippen molar-refractivity contribution in [1.82, 2.24) is 19.9 Å². The summed E-state index contributed by atoms with van der Waals surface area (Å²) >= 11 is 0. The summed E-state index contributed by atoms with van der Waals surface area (Å²) in [6, 6.07) is 0.579. The Morgan fingerprint density at radius 1 is 1.33 bits per heavy atom. The first kappa shape index (κ1) is 14.5. The molecule has 0 N–H and O–H groups in total. The molecule has 2 aliphatic rings. The molecule has 0 spiro atoms. The number of aromatic nitrogens is 2. The van der Waals surface area contributed by atoms with Gasteiger partial charge in [-0.2, -0.15) is 4.98 Å². The quantitative estimate of drug-likeness (QED) is 0.851. The summed E-state index contributed by atoms with van der Waals surface area (Å²) in [6.07, 6.45) is 5.41. The van der Waals surface area contributed by atoms with E-state index in [2.05, 4.69) is 15.0 Å². The van der Waals surface area contributed by atoms with Crippen LogP contribution in [0.3, 0.4) is 0 Å². The highest BCUT2D eigenvalue weighted by atomic mass is 16.5. The molecule has 1 aliphatic carbocycles. The van der Waals surface area contributed by atoms with Crippen molar-refractivity contribution in [3.63, 3.8) is 0 Å². The van der Waals surface area contributed by atoms with Gasteiger partial charge in [0.2, 0.25) is 5.91 Å². The second-order valence-corrected chi connectivity index (χ2v) is 6.07. The number of aryl methyl sites for hydroxylation is 1. The van der Waals surface area contributed by atoms with Crippen molar-refractivity contribution < 1.29 is 9.32 Å². The van der Waals surface area contributed by atoms with Crippen LogP contribution in [0.2, 0.25) is 0 Å². The molecule has 6 nitrogen and oxygen atoms in total. The molecule has 6 heteroatoms. The Bertz CT molecular complexity index is 498. The molecule has 1 aromatic heterocycles. The number of carbonyl (C=O) groups excluding carboxylic acids is 1. The van der Waals surface area contributed by atoms with E-state index in [1.165, 1.54) is 19.3 Å². The number of hydrogen-bond acceptors (Lipinski definition) is 5. The van der Waals surface area contributed by atoms with Gasteiger partial charge in [0.1, 0.15) is 6.04 Å². The van der Waals surface area contributed by atoms with E-state index in [0.29, 0.717) is 24.2 Å². The van der Waals surface area contributed by atoms with E-state index < -0.39 is 0 Å².